The molecule has 4 nitrogen and oxygen atoms in total. The number of aliphatic hydroxyl groups is 1. The molecule has 1 aromatic carbocycles. The van der Waals surface area contributed by atoms with Gasteiger partial charge in [-0.3, -0.25) is 9.69 Å². The van der Waals surface area contributed by atoms with E-state index in [-0.39, 0.29) is 12.5 Å². The third kappa shape index (κ3) is 3.78. The quantitative estimate of drug-likeness (QED) is 0.845. The minimum atomic E-state index is -0.796. The van der Waals surface area contributed by atoms with Gasteiger partial charge in [0.05, 0.1) is 12.5 Å². The Morgan fingerprint density at radius 2 is 2.11 bits per heavy atom. The standard InChI is InChI=1S/C15H21NO3/c1-11(17)13-6-7-16(9-13)10-14-5-3-2-4-12(14)8-15(18)19/h2-5,11,13,17H,6-10H2,1H3,(H,18,19). The fourth-order valence-corrected chi connectivity index (χ4v) is 2.69. The maximum Gasteiger partial charge on any atom is 0.307 e. The van der Waals surface area contributed by atoms with Crippen molar-refractivity contribution in [1.82, 2.24) is 4.90 Å². The van der Waals surface area contributed by atoms with Gasteiger partial charge in [0.15, 0.2) is 0 Å². The van der Waals surface area contributed by atoms with E-state index >= 15 is 0 Å². The highest BCUT2D eigenvalue weighted by Crippen LogP contribution is 2.22. The molecule has 0 aromatic heterocycles. The van der Waals surface area contributed by atoms with E-state index in [2.05, 4.69) is 4.90 Å². The Morgan fingerprint density at radius 1 is 1.42 bits per heavy atom. The molecule has 4 heteroatoms. The molecule has 0 saturated carbocycles. The monoisotopic (exact) mass is 263 g/mol. The van der Waals surface area contributed by atoms with Gasteiger partial charge in [0, 0.05) is 13.1 Å². The topological polar surface area (TPSA) is 60.8 Å². The average Bonchev–Trinajstić information content (AvgIpc) is 2.80. The summed E-state index contributed by atoms with van der Waals surface area (Å²) in [7, 11) is 0. The van der Waals surface area contributed by atoms with Crippen molar-refractivity contribution in [3.8, 4) is 0 Å². The number of carboxylic acid groups (broad SMARTS) is 1. The van der Waals surface area contributed by atoms with Gasteiger partial charge in [-0.05, 0) is 36.9 Å². The van der Waals surface area contributed by atoms with Gasteiger partial charge in [-0.25, -0.2) is 0 Å². The Kier molecular flexibility index (Phi) is 4.56. The van der Waals surface area contributed by atoms with Crippen molar-refractivity contribution in [2.45, 2.75) is 32.4 Å². The van der Waals surface area contributed by atoms with E-state index in [1.807, 2.05) is 31.2 Å². The van der Waals surface area contributed by atoms with Crippen molar-refractivity contribution >= 4 is 5.97 Å². The number of carboxylic acids is 1. The van der Waals surface area contributed by atoms with E-state index < -0.39 is 5.97 Å². The Hall–Kier alpha value is -1.39. The first-order valence-corrected chi connectivity index (χ1v) is 6.75. The summed E-state index contributed by atoms with van der Waals surface area (Å²) in [5.74, 6) is -0.456. The van der Waals surface area contributed by atoms with Gasteiger partial charge in [-0.1, -0.05) is 24.3 Å². The Labute approximate surface area is 113 Å². The predicted octanol–water partition coefficient (Wildman–Crippen LogP) is 1.52. The van der Waals surface area contributed by atoms with E-state index in [1.54, 1.807) is 0 Å². The van der Waals surface area contributed by atoms with Crippen molar-refractivity contribution in [3.05, 3.63) is 35.4 Å². The molecule has 2 atom stereocenters. The van der Waals surface area contributed by atoms with Crippen LogP contribution in [0.15, 0.2) is 24.3 Å². The van der Waals surface area contributed by atoms with Crippen LogP contribution in [-0.4, -0.2) is 40.3 Å². The number of benzene rings is 1. The van der Waals surface area contributed by atoms with Crippen LogP contribution in [0, 0.1) is 5.92 Å². The molecule has 2 unspecified atom stereocenters. The summed E-state index contributed by atoms with van der Waals surface area (Å²) in [6, 6.07) is 7.70. The number of hydrogen-bond acceptors (Lipinski definition) is 3. The molecular formula is C15H21NO3. The van der Waals surface area contributed by atoms with Crippen molar-refractivity contribution in [1.29, 1.82) is 0 Å². The summed E-state index contributed by atoms with van der Waals surface area (Å²) in [5, 5.41) is 18.5. The summed E-state index contributed by atoms with van der Waals surface area (Å²) in [6.45, 7) is 4.47. The molecule has 1 heterocycles. The number of rotatable bonds is 5. The number of aliphatic hydroxyl groups excluding tert-OH is 1. The van der Waals surface area contributed by atoms with Crippen LogP contribution in [0.2, 0.25) is 0 Å². The molecule has 1 saturated heterocycles. The summed E-state index contributed by atoms with van der Waals surface area (Å²) in [5.41, 5.74) is 1.96. The number of likely N-dealkylation sites (tertiary alicyclic amines) is 1. The van der Waals surface area contributed by atoms with E-state index in [9.17, 15) is 9.90 Å². The number of aliphatic carboxylic acids is 1. The summed E-state index contributed by atoms with van der Waals surface area (Å²) < 4.78 is 0. The van der Waals surface area contributed by atoms with Crippen LogP contribution >= 0.6 is 0 Å². The molecule has 0 radical (unpaired) electrons. The minimum absolute atomic E-state index is 0.0733. The molecule has 2 N–H and O–H groups in total. The van der Waals surface area contributed by atoms with Crippen LogP contribution < -0.4 is 0 Å². The predicted molar refractivity (Wildman–Crippen MR) is 72.8 cm³/mol. The van der Waals surface area contributed by atoms with Crippen LogP contribution in [0.1, 0.15) is 24.5 Å². The van der Waals surface area contributed by atoms with Crippen LogP contribution in [0.25, 0.3) is 0 Å². The zero-order valence-corrected chi connectivity index (χ0v) is 11.2. The number of carbonyl (C=O) groups is 1. The molecule has 0 aliphatic carbocycles. The normalized spacial score (nSPS) is 21.5. The lowest BCUT2D eigenvalue weighted by atomic mass is 10.0. The van der Waals surface area contributed by atoms with Gasteiger partial charge in [-0.15, -0.1) is 0 Å². The molecule has 1 aliphatic rings. The number of hydrogen-bond donors (Lipinski definition) is 2. The van der Waals surface area contributed by atoms with Gasteiger partial charge in [0.2, 0.25) is 0 Å². The molecule has 0 spiro atoms. The van der Waals surface area contributed by atoms with Crippen LogP contribution in [-0.2, 0) is 17.8 Å². The van der Waals surface area contributed by atoms with Gasteiger partial charge in [0.25, 0.3) is 0 Å². The molecule has 104 valence electrons. The van der Waals surface area contributed by atoms with Gasteiger partial charge in [-0.2, -0.15) is 0 Å². The molecule has 2 rings (SSSR count). The van der Waals surface area contributed by atoms with Gasteiger partial charge < -0.3 is 10.2 Å². The SMILES string of the molecule is CC(O)C1CCN(Cc2ccccc2CC(=O)O)C1. The lowest BCUT2D eigenvalue weighted by molar-refractivity contribution is -0.136. The van der Waals surface area contributed by atoms with E-state index in [4.69, 9.17) is 5.11 Å². The fourth-order valence-electron chi connectivity index (χ4n) is 2.69. The molecule has 1 aliphatic heterocycles. The first-order valence-electron chi connectivity index (χ1n) is 6.75. The van der Waals surface area contributed by atoms with Crippen LogP contribution in [0.5, 0.6) is 0 Å². The third-order valence-corrected chi connectivity index (χ3v) is 3.85. The summed E-state index contributed by atoms with van der Waals surface area (Å²) >= 11 is 0. The first kappa shape index (κ1) is 14.0. The zero-order chi connectivity index (χ0) is 13.8. The largest absolute Gasteiger partial charge is 0.481 e. The highest BCUT2D eigenvalue weighted by molar-refractivity contribution is 5.70. The highest BCUT2D eigenvalue weighted by Gasteiger charge is 2.26. The third-order valence-electron chi connectivity index (χ3n) is 3.85. The van der Waals surface area contributed by atoms with Crippen molar-refractivity contribution in [3.63, 3.8) is 0 Å². The lowest BCUT2D eigenvalue weighted by Gasteiger charge is -2.19. The van der Waals surface area contributed by atoms with Crippen molar-refractivity contribution in [2.24, 2.45) is 5.92 Å². The molecule has 0 amide bonds. The zero-order valence-electron chi connectivity index (χ0n) is 11.2. The highest BCUT2D eigenvalue weighted by atomic mass is 16.4. The summed E-state index contributed by atoms with van der Waals surface area (Å²) in [6.07, 6.45) is 0.821. The number of nitrogens with zero attached hydrogens (tertiary/aromatic N) is 1. The molecular weight excluding hydrogens is 242 g/mol. The van der Waals surface area contributed by atoms with Gasteiger partial charge in [0.1, 0.15) is 0 Å². The molecule has 1 aromatic rings. The smallest absolute Gasteiger partial charge is 0.307 e. The van der Waals surface area contributed by atoms with Crippen molar-refractivity contribution in [2.75, 3.05) is 13.1 Å². The second kappa shape index (κ2) is 6.17. The maximum atomic E-state index is 10.9. The molecule has 0 bridgehead atoms. The van der Waals surface area contributed by atoms with Gasteiger partial charge >= 0.3 is 5.97 Å². The second-order valence-corrected chi connectivity index (χ2v) is 5.36. The lowest BCUT2D eigenvalue weighted by Crippen LogP contribution is -2.24. The fraction of sp³-hybridized carbons (Fsp3) is 0.533. The maximum absolute atomic E-state index is 10.9. The van der Waals surface area contributed by atoms with Crippen molar-refractivity contribution < 1.29 is 15.0 Å². The Balaban J connectivity index is 2.01. The average molecular weight is 263 g/mol. The molecule has 19 heavy (non-hydrogen) atoms. The Morgan fingerprint density at radius 3 is 2.68 bits per heavy atom. The van der Waals surface area contributed by atoms with Crippen LogP contribution in [0.3, 0.4) is 0 Å². The second-order valence-electron chi connectivity index (χ2n) is 5.36. The molecule has 1 fully saturated rings. The summed E-state index contributed by atoms with van der Waals surface area (Å²) in [4.78, 5) is 13.1. The minimum Gasteiger partial charge on any atom is -0.481 e. The Bertz CT molecular complexity index is 445. The first-order chi connectivity index (χ1) is 9.06. The van der Waals surface area contributed by atoms with E-state index in [0.717, 1.165) is 37.2 Å². The van der Waals surface area contributed by atoms with E-state index in [1.165, 1.54) is 0 Å². The van der Waals surface area contributed by atoms with E-state index in [0.29, 0.717) is 5.92 Å². The van der Waals surface area contributed by atoms with Crippen LogP contribution in [0.4, 0.5) is 0 Å².